The van der Waals surface area contributed by atoms with Crippen LogP contribution in [0.25, 0.3) is 0 Å². The lowest BCUT2D eigenvalue weighted by Crippen LogP contribution is -2.52. The third kappa shape index (κ3) is 4.08. The standard InChI is InChI=1S/C23H29NO4/c1-2-27-21(25)10-20-18-8-17-9-19(20)13-23(11-17,12-18)15-24-22(26)28-14-16-6-4-3-5-7-16/h3-7,10,17-19H,2,8-9,11-15H2,1H3,(H,24,26)/b20-10-/t17?,18-,19+,23-/m0/s1. The number of alkyl carbamates (subject to hydrolysis) is 1. The van der Waals surface area contributed by atoms with Crippen LogP contribution in [0.4, 0.5) is 4.79 Å². The van der Waals surface area contributed by atoms with Crippen molar-refractivity contribution in [2.24, 2.45) is 23.2 Å². The summed E-state index contributed by atoms with van der Waals surface area (Å²) < 4.78 is 10.5. The van der Waals surface area contributed by atoms with E-state index in [1.165, 1.54) is 24.8 Å². The van der Waals surface area contributed by atoms with E-state index in [0.29, 0.717) is 37.5 Å². The van der Waals surface area contributed by atoms with Gasteiger partial charge < -0.3 is 14.8 Å². The molecule has 4 bridgehead atoms. The highest BCUT2D eigenvalue weighted by molar-refractivity contribution is 5.83. The fourth-order valence-electron chi connectivity index (χ4n) is 5.79. The number of carbonyl (C=O) groups excluding carboxylic acids is 2. The summed E-state index contributed by atoms with van der Waals surface area (Å²) in [6, 6.07) is 9.72. The minimum absolute atomic E-state index is 0.147. The van der Waals surface area contributed by atoms with Crippen molar-refractivity contribution in [2.75, 3.05) is 13.2 Å². The molecule has 5 nitrogen and oxygen atoms in total. The molecule has 1 unspecified atom stereocenters. The number of esters is 1. The molecule has 28 heavy (non-hydrogen) atoms. The number of ether oxygens (including phenoxy) is 2. The van der Waals surface area contributed by atoms with Crippen LogP contribution in [0.3, 0.4) is 0 Å². The van der Waals surface area contributed by atoms with Gasteiger partial charge in [-0.15, -0.1) is 0 Å². The van der Waals surface area contributed by atoms with Gasteiger partial charge in [-0.05, 0) is 67.8 Å². The predicted molar refractivity (Wildman–Crippen MR) is 105 cm³/mol. The highest BCUT2D eigenvalue weighted by Crippen LogP contribution is 2.61. The lowest BCUT2D eigenvalue weighted by Gasteiger charge is -2.58. The van der Waals surface area contributed by atoms with Crippen LogP contribution in [0.5, 0.6) is 0 Å². The van der Waals surface area contributed by atoms with E-state index in [1.807, 2.05) is 37.3 Å². The van der Waals surface area contributed by atoms with Gasteiger partial charge in [-0.1, -0.05) is 35.9 Å². The SMILES string of the molecule is CCOC(=O)/C=C1\[C@@H]2CC3C[C@H]1C[C@@](CNC(=O)OCc1ccccc1)(C3)C2. The van der Waals surface area contributed by atoms with Crippen LogP contribution in [0, 0.1) is 23.2 Å². The normalized spacial score (nSPS) is 31.6. The second kappa shape index (κ2) is 7.98. The molecule has 1 aromatic rings. The van der Waals surface area contributed by atoms with E-state index in [4.69, 9.17) is 9.47 Å². The van der Waals surface area contributed by atoms with Gasteiger partial charge in [-0.3, -0.25) is 0 Å². The molecule has 1 N–H and O–H groups in total. The van der Waals surface area contributed by atoms with Crippen LogP contribution in [0.1, 0.15) is 44.6 Å². The van der Waals surface area contributed by atoms with Crippen molar-refractivity contribution in [2.45, 2.75) is 45.6 Å². The van der Waals surface area contributed by atoms with Gasteiger partial charge in [0.25, 0.3) is 0 Å². The predicted octanol–water partition coefficient (Wildman–Crippen LogP) is 4.23. The quantitative estimate of drug-likeness (QED) is 0.590. The van der Waals surface area contributed by atoms with Gasteiger partial charge in [0, 0.05) is 12.6 Å². The van der Waals surface area contributed by atoms with Gasteiger partial charge in [-0.25, -0.2) is 9.59 Å². The first-order chi connectivity index (χ1) is 13.6. The number of nitrogens with one attached hydrogen (secondary N) is 1. The van der Waals surface area contributed by atoms with Crippen molar-refractivity contribution in [3.63, 3.8) is 0 Å². The van der Waals surface area contributed by atoms with Gasteiger partial charge in [0.05, 0.1) is 6.61 Å². The summed E-state index contributed by atoms with van der Waals surface area (Å²) in [5.74, 6) is 1.41. The Labute approximate surface area is 166 Å². The topological polar surface area (TPSA) is 64.6 Å². The molecular weight excluding hydrogens is 354 g/mol. The van der Waals surface area contributed by atoms with E-state index in [-0.39, 0.29) is 17.5 Å². The van der Waals surface area contributed by atoms with Gasteiger partial charge in [0.15, 0.2) is 0 Å². The molecule has 1 amide bonds. The number of amides is 1. The summed E-state index contributed by atoms with van der Waals surface area (Å²) in [6.45, 7) is 3.21. The van der Waals surface area contributed by atoms with E-state index in [9.17, 15) is 9.59 Å². The zero-order chi connectivity index (χ0) is 19.6. The maximum absolute atomic E-state index is 12.2. The van der Waals surface area contributed by atoms with Crippen molar-refractivity contribution in [3.05, 3.63) is 47.5 Å². The molecule has 0 aromatic heterocycles. The minimum atomic E-state index is -0.345. The van der Waals surface area contributed by atoms with Gasteiger partial charge >= 0.3 is 12.1 Å². The Hall–Kier alpha value is -2.30. The molecule has 4 saturated carbocycles. The van der Waals surface area contributed by atoms with Crippen LogP contribution in [-0.4, -0.2) is 25.2 Å². The fraction of sp³-hybridized carbons (Fsp3) is 0.565. The van der Waals surface area contributed by atoms with Gasteiger partial charge in [-0.2, -0.15) is 0 Å². The minimum Gasteiger partial charge on any atom is -0.463 e. The number of hydrogen-bond donors (Lipinski definition) is 1. The maximum atomic E-state index is 12.2. The number of hydrogen-bond acceptors (Lipinski definition) is 4. The lowest BCUT2D eigenvalue weighted by atomic mass is 9.48. The molecule has 5 heteroatoms. The summed E-state index contributed by atoms with van der Waals surface area (Å²) in [6.07, 6.45) is 7.01. The molecule has 1 aromatic carbocycles. The fourth-order valence-corrected chi connectivity index (χ4v) is 5.79. The third-order valence-corrected chi connectivity index (χ3v) is 6.65. The second-order valence-corrected chi connectivity index (χ2v) is 8.66. The Morgan fingerprint density at radius 3 is 2.50 bits per heavy atom. The molecule has 0 saturated heterocycles. The van der Waals surface area contributed by atoms with Crippen LogP contribution in [-0.2, 0) is 20.9 Å². The van der Waals surface area contributed by atoms with Crippen molar-refractivity contribution >= 4 is 12.1 Å². The average molecular weight is 383 g/mol. The Bertz CT molecular complexity index is 739. The highest BCUT2D eigenvalue weighted by Gasteiger charge is 2.53. The summed E-state index contributed by atoms with van der Waals surface area (Å²) in [7, 11) is 0. The Morgan fingerprint density at radius 1 is 1.11 bits per heavy atom. The smallest absolute Gasteiger partial charge is 0.407 e. The molecule has 4 atom stereocenters. The second-order valence-electron chi connectivity index (χ2n) is 8.66. The number of rotatable bonds is 6. The summed E-state index contributed by atoms with van der Waals surface area (Å²) >= 11 is 0. The average Bonchev–Trinajstić information content (AvgIpc) is 2.68. The highest BCUT2D eigenvalue weighted by atomic mass is 16.5. The summed E-state index contributed by atoms with van der Waals surface area (Å²) in [5, 5.41) is 3.01. The van der Waals surface area contributed by atoms with Crippen LogP contribution >= 0.6 is 0 Å². The van der Waals surface area contributed by atoms with Gasteiger partial charge in [0.1, 0.15) is 6.61 Å². The molecule has 0 heterocycles. The van der Waals surface area contributed by atoms with Crippen molar-refractivity contribution in [1.29, 1.82) is 0 Å². The van der Waals surface area contributed by atoms with E-state index in [2.05, 4.69) is 5.32 Å². The van der Waals surface area contributed by atoms with E-state index >= 15 is 0 Å². The molecule has 4 aliphatic carbocycles. The molecule has 0 radical (unpaired) electrons. The molecular formula is C23H29NO4. The van der Waals surface area contributed by atoms with Crippen molar-refractivity contribution in [3.8, 4) is 0 Å². The molecule has 150 valence electrons. The van der Waals surface area contributed by atoms with Crippen LogP contribution < -0.4 is 5.32 Å². The number of benzene rings is 1. The molecule has 4 fully saturated rings. The summed E-state index contributed by atoms with van der Waals surface area (Å²) in [4.78, 5) is 24.1. The molecule has 5 rings (SSSR count). The number of allylic oxidation sites excluding steroid dienone is 1. The van der Waals surface area contributed by atoms with Crippen molar-refractivity contribution < 1.29 is 19.1 Å². The Balaban J connectivity index is 1.34. The van der Waals surface area contributed by atoms with E-state index in [0.717, 1.165) is 18.4 Å². The lowest BCUT2D eigenvalue weighted by molar-refractivity contribution is -0.137. The molecule has 4 aliphatic rings. The van der Waals surface area contributed by atoms with E-state index in [1.54, 1.807) is 6.08 Å². The van der Waals surface area contributed by atoms with Gasteiger partial charge in [0.2, 0.25) is 0 Å². The van der Waals surface area contributed by atoms with Crippen molar-refractivity contribution in [1.82, 2.24) is 5.32 Å². The summed E-state index contributed by atoms with van der Waals surface area (Å²) in [5.41, 5.74) is 2.42. The maximum Gasteiger partial charge on any atom is 0.407 e. The third-order valence-electron chi connectivity index (χ3n) is 6.65. The molecule has 0 spiro atoms. The largest absolute Gasteiger partial charge is 0.463 e. The number of carbonyl (C=O) groups is 2. The molecule has 0 aliphatic heterocycles. The Morgan fingerprint density at radius 2 is 1.82 bits per heavy atom. The van der Waals surface area contributed by atoms with Crippen LogP contribution in [0.2, 0.25) is 0 Å². The Kier molecular flexibility index (Phi) is 5.42. The zero-order valence-electron chi connectivity index (χ0n) is 16.5. The first kappa shape index (κ1) is 19.0. The monoisotopic (exact) mass is 383 g/mol. The zero-order valence-corrected chi connectivity index (χ0v) is 16.5. The first-order valence-electron chi connectivity index (χ1n) is 10.4. The first-order valence-corrected chi connectivity index (χ1v) is 10.4. The van der Waals surface area contributed by atoms with E-state index < -0.39 is 0 Å². The van der Waals surface area contributed by atoms with Crippen LogP contribution in [0.15, 0.2) is 42.0 Å².